The van der Waals surface area contributed by atoms with Crippen LogP contribution in [0.2, 0.25) is 0 Å². The van der Waals surface area contributed by atoms with Gasteiger partial charge < -0.3 is 10.5 Å². The molecular weight excluding hydrogens is 258 g/mol. The number of nitrogens with two attached hydrogens (primary N) is 1. The van der Waals surface area contributed by atoms with E-state index in [9.17, 15) is 4.79 Å². The molecule has 2 N–H and O–H groups in total. The molecule has 1 heterocycles. The molecule has 1 atom stereocenters. The predicted molar refractivity (Wildman–Crippen MR) is 79.7 cm³/mol. The van der Waals surface area contributed by atoms with E-state index < -0.39 is 0 Å². The predicted octanol–water partition coefficient (Wildman–Crippen LogP) is 3.66. The van der Waals surface area contributed by atoms with E-state index in [-0.39, 0.29) is 5.97 Å². The summed E-state index contributed by atoms with van der Waals surface area (Å²) in [5.74, 6) is 0.386. The molecule has 0 saturated carbocycles. The van der Waals surface area contributed by atoms with Gasteiger partial charge in [-0.15, -0.1) is 11.3 Å². The standard InChI is InChI=1S/C15H23NO2S/c1-5-15(2,3)9-6-7-10-11(8-9)19-13(16)12(10)14(17)18-4/h9H,5-8,16H2,1-4H3. The monoisotopic (exact) mass is 281 g/mol. The average molecular weight is 281 g/mol. The van der Waals surface area contributed by atoms with Crippen molar-refractivity contribution in [1.82, 2.24) is 0 Å². The van der Waals surface area contributed by atoms with Gasteiger partial charge in [-0.25, -0.2) is 4.79 Å². The summed E-state index contributed by atoms with van der Waals surface area (Å²) in [7, 11) is 1.41. The van der Waals surface area contributed by atoms with Crippen LogP contribution in [-0.4, -0.2) is 13.1 Å². The number of rotatable bonds is 3. The zero-order chi connectivity index (χ0) is 14.2. The summed E-state index contributed by atoms with van der Waals surface area (Å²) in [6.45, 7) is 6.92. The molecule has 0 aromatic carbocycles. The Labute approximate surface area is 119 Å². The molecule has 1 aromatic rings. The molecule has 0 fully saturated rings. The maximum absolute atomic E-state index is 11.8. The Morgan fingerprint density at radius 2 is 2.21 bits per heavy atom. The van der Waals surface area contributed by atoms with Crippen LogP contribution in [0.25, 0.3) is 0 Å². The lowest BCUT2D eigenvalue weighted by Gasteiger charge is -2.36. The minimum absolute atomic E-state index is 0.289. The van der Waals surface area contributed by atoms with Crippen molar-refractivity contribution in [2.75, 3.05) is 12.8 Å². The van der Waals surface area contributed by atoms with Crippen LogP contribution >= 0.6 is 11.3 Å². The molecule has 0 spiro atoms. The van der Waals surface area contributed by atoms with E-state index in [1.807, 2.05) is 0 Å². The highest BCUT2D eigenvalue weighted by molar-refractivity contribution is 7.16. The summed E-state index contributed by atoms with van der Waals surface area (Å²) >= 11 is 1.57. The minimum Gasteiger partial charge on any atom is -0.465 e. The number of ether oxygens (including phenoxy) is 1. The van der Waals surface area contributed by atoms with Crippen LogP contribution in [0, 0.1) is 11.3 Å². The molecule has 3 nitrogen and oxygen atoms in total. The molecule has 1 unspecified atom stereocenters. The van der Waals surface area contributed by atoms with E-state index in [1.165, 1.54) is 18.4 Å². The van der Waals surface area contributed by atoms with Crippen molar-refractivity contribution in [3.05, 3.63) is 16.0 Å². The Morgan fingerprint density at radius 1 is 1.53 bits per heavy atom. The van der Waals surface area contributed by atoms with Crippen LogP contribution in [0.5, 0.6) is 0 Å². The highest BCUT2D eigenvalue weighted by Gasteiger charge is 2.34. The lowest BCUT2D eigenvalue weighted by atomic mass is 9.69. The van der Waals surface area contributed by atoms with Crippen molar-refractivity contribution in [2.24, 2.45) is 11.3 Å². The van der Waals surface area contributed by atoms with Gasteiger partial charge in [0.25, 0.3) is 0 Å². The Bertz CT molecular complexity index is 491. The van der Waals surface area contributed by atoms with Gasteiger partial charge in [0.05, 0.1) is 12.7 Å². The van der Waals surface area contributed by atoms with Gasteiger partial charge in [-0.2, -0.15) is 0 Å². The van der Waals surface area contributed by atoms with Crippen LogP contribution < -0.4 is 5.73 Å². The summed E-state index contributed by atoms with van der Waals surface area (Å²) in [6.07, 6.45) is 4.30. The Kier molecular flexibility index (Phi) is 3.90. The van der Waals surface area contributed by atoms with Crippen molar-refractivity contribution in [2.45, 2.75) is 46.5 Å². The Balaban J connectivity index is 2.31. The minimum atomic E-state index is -0.289. The second-order valence-corrected chi connectivity index (χ2v) is 7.15. The van der Waals surface area contributed by atoms with Gasteiger partial charge >= 0.3 is 5.97 Å². The summed E-state index contributed by atoms with van der Waals surface area (Å²) in [4.78, 5) is 13.1. The van der Waals surface area contributed by atoms with Crippen molar-refractivity contribution in [3.63, 3.8) is 0 Å². The molecule has 2 rings (SSSR count). The lowest BCUT2D eigenvalue weighted by Crippen LogP contribution is -2.28. The Hall–Kier alpha value is -1.03. The van der Waals surface area contributed by atoms with E-state index in [0.29, 0.717) is 21.9 Å². The number of carbonyl (C=O) groups is 1. The Morgan fingerprint density at radius 3 is 2.79 bits per heavy atom. The zero-order valence-electron chi connectivity index (χ0n) is 12.2. The van der Waals surface area contributed by atoms with Crippen LogP contribution in [0.15, 0.2) is 0 Å². The molecule has 4 heteroatoms. The fraction of sp³-hybridized carbons (Fsp3) is 0.667. The fourth-order valence-corrected chi connectivity index (χ4v) is 4.07. The zero-order valence-corrected chi connectivity index (χ0v) is 13.0. The quantitative estimate of drug-likeness (QED) is 0.860. The molecule has 106 valence electrons. The molecule has 0 radical (unpaired) electrons. The van der Waals surface area contributed by atoms with E-state index >= 15 is 0 Å². The first-order chi connectivity index (χ1) is 8.90. The first-order valence-electron chi connectivity index (χ1n) is 6.89. The van der Waals surface area contributed by atoms with Crippen LogP contribution in [0.3, 0.4) is 0 Å². The number of nitrogen functional groups attached to an aromatic ring is 1. The average Bonchev–Trinajstić information content (AvgIpc) is 2.72. The van der Waals surface area contributed by atoms with Crippen molar-refractivity contribution in [3.8, 4) is 0 Å². The third kappa shape index (κ3) is 2.50. The number of carbonyl (C=O) groups excluding carboxylic acids is 1. The number of fused-ring (bicyclic) bond motifs is 1. The molecule has 19 heavy (non-hydrogen) atoms. The fourth-order valence-electron chi connectivity index (χ4n) is 2.89. The number of hydrogen-bond donors (Lipinski definition) is 1. The molecule has 1 aromatic heterocycles. The second-order valence-electron chi connectivity index (χ2n) is 6.02. The van der Waals surface area contributed by atoms with Crippen molar-refractivity contribution < 1.29 is 9.53 Å². The van der Waals surface area contributed by atoms with E-state index in [4.69, 9.17) is 10.5 Å². The van der Waals surface area contributed by atoms with E-state index in [1.54, 1.807) is 11.3 Å². The van der Waals surface area contributed by atoms with E-state index in [2.05, 4.69) is 20.8 Å². The smallest absolute Gasteiger partial charge is 0.341 e. The van der Waals surface area contributed by atoms with Gasteiger partial charge in [0, 0.05) is 4.88 Å². The van der Waals surface area contributed by atoms with Gasteiger partial charge in [0.1, 0.15) is 5.00 Å². The molecule has 0 amide bonds. The van der Waals surface area contributed by atoms with Gasteiger partial charge in [0.15, 0.2) is 0 Å². The number of anilines is 1. The van der Waals surface area contributed by atoms with Crippen molar-refractivity contribution >= 4 is 22.3 Å². The van der Waals surface area contributed by atoms with Crippen molar-refractivity contribution in [1.29, 1.82) is 0 Å². The highest BCUT2D eigenvalue weighted by Crippen LogP contribution is 2.44. The summed E-state index contributed by atoms with van der Waals surface area (Å²) in [6, 6.07) is 0. The second kappa shape index (κ2) is 5.16. The summed E-state index contributed by atoms with van der Waals surface area (Å²) < 4.78 is 4.84. The number of hydrogen-bond acceptors (Lipinski definition) is 4. The molecular formula is C15H23NO2S. The molecule has 0 aliphatic heterocycles. The largest absolute Gasteiger partial charge is 0.465 e. The van der Waals surface area contributed by atoms with Crippen LogP contribution in [0.4, 0.5) is 5.00 Å². The molecule has 1 aliphatic rings. The summed E-state index contributed by atoms with van der Waals surface area (Å²) in [5, 5.41) is 0.617. The molecule has 0 saturated heterocycles. The topological polar surface area (TPSA) is 52.3 Å². The number of esters is 1. The molecule has 1 aliphatic carbocycles. The third-order valence-corrected chi connectivity index (χ3v) is 5.78. The lowest BCUT2D eigenvalue weighted by molar-refractivity contribution is 0.0600. The van der Waals surface area contributed by atoms with Gasteiger partial charge in [-0.1, -0.05) is 27.2 Å². The summed E-state index contributed by atoms with van der Waals surface area (Å²) in [5.41, 5.74) is 8.11. The number of thiophene rings is 1. The van der Waals surface area contributed by atoms with Crippen LogP contribution in [-0.2, 0) is 17.6 Å². The normalized spacial score (nSPS) is 19.1. The van der Waals surface area contributed by atoms with Gasteiger partial charge in [-0.3, -0.25) is 0 Å². The van der Waals surface area contributed by atoms with Crippen LogP contribution in [0.1, 0.15) is 54.4 Å². The number of methoxy groups -OCH3 is 1. The SMILES string of the molecule is CCC(C)(C)C1CCc2c(sc(N)c2C(=O)OC)C1. The molecule has 0 bridgehead atoms. The van der Waals surface area contributed by atoms with Gasteiger partial charge in [0.2, 0.25) is 0 Å². The van der Waals surface area contributed by atoms with Gasteiger partial charge in [-0.05, 0) is 36.2 Å². The highest BCUT2D eigenvalue weighted by atomic mass is 32.1. The first kappa shape index (κ1) is 14.4. The van der Waals surface area contributed by atoms with E-state index in [0.717, 1.165) is 24.8 Å². The third-order valence-electron chi connectivity index (χ3n) is 4.70. The maximum atomic E-state index is 11.8. The maximum Gasteiger partial charge on any atom is 0.341 e. The first-order valence-corrected chi connectivity index (χ1v) is 7.70.